The fraction of sp³-hybridized carbons (Fsp3) is 0.300. The number of nitrogens with one attached hydrogen (secondary N) is 2. The van der Waals surface area contributed by atoms with Gasteiger partial charge in [-0.2, -0.15) is 0 Å². The largest absolute Gasteiger partial charge is 0.347 e. The minimum atomic E-state index is -2.87. The predicted octanol–water partition coefficient (Wildman–Crippen LogP) is -1.23. The highest BCUT2D eigenvalue weighted by molar-refractivity contribution is 6.35. The summed E-state index contributed by atoms with van der Waals surface area (Å²) in [5, 5.41) is 3.82. The molecule has 0 aliphatic rings. The SMILES string of the molecule is [2H]C([2H])(N)C([2H])([2H])NC(=O)C(=O)NCc1ccccn1. The van der Waals surface area contributed by atoms with Gasteiger partial charge in [-0.05, 0) is 12.1 Å². The van der Waals surface area contributed by atoms with Crippen LogP contribution in [-0.2, 0) is 16.1 Å². The molecule has 6 heteroatoms. The van der Waals surface area contributed by atoms with E-state index in [4.69, 9.17) is 11.2 Å². The summed E-state index contributed by atoms with van der Waals surface area (Å²) < 4.78 is 28.5. The lowest BCUT2D eigenvalue weighted by atomic mass is 10.3. The zero-order chi connectivity index (χ0) is 15.4. The van der Waals surface area contributed by atoms with Gasteiger partial charge in [0, 0.05) is 21.9 Å². The van der Waals surface area contributed by atoms with Crippen molar-refractivity contribution >= 4 is 11.8 Å². The Bertz CT molecular complexity index is 490. The van der Waals surface area contributed by atoms with Gasteiger partial charge in [0.1, 0.15) is 0 Å². The first-order chi connectivity index (χ1) is 9.13. The van der Waals surface area contributed by atoms with Gasteiger partial charge in [0.15, 0.2) is 0 Å². The molecule has 0 spiro atoms. The smallest absolute Gasteiger partial charge is 0.309 e. The third-order valence-corrected chi connectivity index (χ3v) is 1.61. The monoisotopic (exact) mass is 226 g/mol. The van der Waals surface area contributed by atoms with Gasteiger partial charge in [0.25, 0.3) is 0 Å². The normalized spacial score (nSPS) is 15.1. The van der Waals surface area contributed by atoms with E-state index < -0.39 is 24.8 Å². The number of hydrogen-bond donors (Lipinski definition) is 3. The molecule has 0 unspecified atom stereocenters. The van der Waals surface area contributed by atoms with Crippen LogP contribution >= 0.6 is 0 Å². The number of carbonyl (C=O) groups is 2. The van der Waals surface area contributed by atoms with Crippen molar-refractivity contribution in [3.05, 3.63) is 30.1 Å². The number of hydrogen-bond acceptors (Lipinski definition) is 4. The Morgan fingerprint density at radius 2 is 2.12 bits per heavy atom. The van der Waals surface area contributed by atoms with Gasteiger partial charge in [-0.25, -0.2) is 0 Å². The van der Waals surface area contributed by atoms with Crippen LogP contribution in [0.4, 0.5) is 0 Å². The molecule has 6 nitrogen and oxygen atoms in total. The second-order valence-corrected chi connectivity index (χ2v) is 2.73. The molecule has 0 aliphatic heterocycles. The van der Waals surface area contributed by atoms with Gasteiger partial charge in [-0.15, -0.1) is 0 Å². The Kier molecular flexibility index (Phi) is 2.99. The Balaban J connectivity index is 2.54. The number of nitrogens with two attached hydrogens (primary N) is 1. The number of nitrogens with zero attached hydrogens (tertiary/aromatic N) is 1. The van der Waals surface area contributed by atoms with Crippen molar-refractivity contribution in [3.63, 3.8) is 0 Å². The molecule has 0 aliphatic carbocycles. The highest BCUT2D eigenvalue weighted by atomic mass is 16.2. The van der Waals surface area contributed by atoms with Crippen LogP contribution in [-0.4, -0.2) is 29.8 Å². The van der Waals surface area contributed by atoms with Crippen molar-refractivity contribution in [3.8, 4) is 0 Å². The third-order valence-electron chi connectivity index (χ3n) is 1.61. The molecule has 0 radical (unpaired) electrons. The van der Waals surface area contributed by atoms with E-state index in [-0.39, 0.29) is 6.54 Å². The van der Waals surface area contributed by atoms with E-state index in [1.807, 2.05) is 0 Å². The first-order valence-electron chi connectivity index (χ1n) is 6.42. The summed E-state index contributed by atoms with van der Waals surface area (Å²) in [6, 6.07) is 5.03. The summed E-state index contributed by atoms with van der Waals surface area (Å²) in [5.74, 6) is -2.43. The first kappa shape index (κ1) is 7.34. The highest BCUT2D eigenvalue weighted by Crippen LogP contribution is 1.91. The van der Waals surface area contributed by atoms with Crippen LogP contribution in [0.2, 0.25) is 0 Å². The fourth-order valence-corrected chi connectivity index (χ4v) is 0.903. The maximum atomic E-state index is 11.4. The molecule has 1 heterocycles. The molecule has 0 aromatic carbocycles. The number of rotatable bonds is 4. The average molecular weight is 226 g/mol. The van der Waals surface area contributed by atoms with Crippen molar-refractivity contribution < 1.29 is 15.1 Å². The van der Waals surface area contributed by atoms with Crippen molar-refractivity contribution in [2.24, 2.45) is 5.73 Å². The summed E-state index contributed by atoms with van der Waals surface area (Å²) in [6.45, 7) is -5.69. The molecule has 1 aromatic rings. The van der Waals surface area contributed by atoms with E-state index in [1.165, 1.54) is 6.20 Å². The Morgan fingerprint density at radius 3 is 2.75 bits per heavy atom. The molecular formula is C10H14N4O2. The number of aromatic nitrogens is 1. The van der Waals surface area contributed by atoms with E-state index >= 15 is 0 Å². The Hall–Kier alpha value is -1.95. The maximum absolute atomic E-state index is 11.4. The minimum absolute atomic E-state index is 0.00832. The summed E-state index contributed by atoms with van der Waals surface area (Å²) >= 11 is 0. The van der Waals surface area contributed by atoms with Crippen LogP contribution in [0.15, 0.2) is 24.4 Å². The summed E-state index contributed by atoms with van der Waals surface area (Å²) in [6.07, 6.45) is 1.52. The standard InChI is InChI=1S/C10H14N4O2/c11-4-6-13-9(15)10(16)14-7-8-3-1-2-5-12-8/h1-3,5H,4,6-7,11H2,(H,13,15)(H,14,16)/i4D2,6D2. The molecule has 0 bridgehead atoms. The average Bonchev–Trinajstić information content (AvgIpc) is 2.35. The summed E-state index contributed by atoms with van der Waals surface area (Å²) in [7, 11) is 0. The summed E-state index contributed by atoms with van der Waals surface area (Å²) in [5.41, 5.74) is 5.45. The summed E-state index contributed by atoms with van der Waals surface area (Å²) in [4.78, 5) is 26.8. The quantitative estimate of drug-likeness (QED) is 0.560. The van der Waals surface area contributed by atoms with Crippen LogP contribution in [0.5, 0.6) is 0 Å². The number of pyridine rings is 1. The van der Waals surface area contributed by atoms with Gasteiger partial charge in [-0.1, -0.05) is 6.07 Å². The van der Waals surface area contributed by atoms with Crippen molar-refractivity contribution in [1.29, 1.82) is 0 Å². The lowest BCUT2D eigenvalue weighted by Gasteiger charge is -2.04. The second-order valence-electron chi connectivity index (χ2n) is 2.73. The molecule has 0 fully saturated rings. The maximum Gasteiger partial charge on any atom is 0.309 e. The molecule has 0 saturated carbocycles. The molecule has 0 atom stereocenters. The van der Waals surface area contributed by atoms with Gasteiger partial charge in [0.05, 0.1) is 15.0 Å². The fourth-order valence-electron chi connectivity index (χ4n) is 0.903. The second kappa shape index (κ2) is 6.52. The third kappa shape index (κ3) is 4.05. The Morgan fingerprint density at radius 1 is 1.38 bits per heavy atom. The minimum Gasteiger partial charge on any atom is -0.347 e. The van der Waals surface area contributed by atoms with Crippen molar-refractivity contribution in [2.45, 2.75) is 6.54 Å². The van der Waals surface area contributed by atoms with Gasteiger partial charge in [0.2, 0.25) is 0 Å². The van der Waals surface area contributed by atoms with E-state index in [0.717, 1.165) is 0 Å². The predicted molar refractivity (Wildman–Crippen MR) is 58.1 cm³/mol. The zero-order valence-electron chi connectivity index (χ0n) is 12.4. The van der Waals surface area contributed by atoms with E-state index in [2.05, 4.69) is 10.3 Å². The van der Waals surface area contributed by atoms with E-state index in [9.17, 15) is 9.59 Å². The van der Waals surface area contributed by atoms with Gasteiger partial charge in [-0.3, -0.25) is 14.6 Å². The van der Waals surface area contributed by atoms with Gasteiger partial charge >= 0.3 is 11.8 Å². The lowest BCUT2D eigenvalue weighted by Crippen LogP contribution is -2.41. The molecule has 16 heavy (non-hydrogen) atoms. The topological polar surface area (TPSA) is 97.1 Å². The van der Waals surface area contributed by atoms with Crippen LogP contribution < -0.4 is 16.4 Å². The molecule has 86 valence electrons. The lowest BCUT2D eigenvalue weighted by molar-refractivity contribution is -0.139. The molecule has 2 amide bonds. The first-order valence-corrected chi connectivity index (χ1v) is 4.42. The van der Waals surface area contributed by atoms with Crippen molar-refractivity contribution in [2.75, 3.05) is 13.0 Å². The molecule has 4 N–H and O–H groups in total. The van der Waals surface area contributed by atoms with Crippen molar-refractivity contribution in [1.82, 2.24) is 15.6 Å². The molecule has 1 aromatic heterocycles. The van der Waals surface area contributed by atoms with Crippen LogP contribution in [0.3, 0.4) is 0 Å². The zero-order valence-corrected chi connectivity index (χ0v) is 8.36. The van der Waals surface area contributed by atoms with Gasteiger partial charge < -0.3 is 16.4 Å². The van der Waals surface area contributed by atoms with Crippen LogP contribution in [0.1, 0.15) is 11.2 Å². The van der Waals surface area contributed by atoms with Crippen LogP contribution in [0.25, 0.3) is 0 Å². The Labute approximate surface area is 98.9 Å². The highest BCUT2D eigenvalue weighted by Gasteiger charge is 2.11. The molecular weight excluding hydrogens is 208 g/mol. The van der Waals surface area contributed by atoms with E-state index in [1.54, 1.807) is 23.5 Å². The molecule has 0 saturated heterocycles. The number of amides is 2. The van der Waals surface area contributed by atoms with E-state index in [0.29, 0.717) is 5.69 Å². The molecule has 1 rings (SSSR count). The number of carbonyl (C=O) groups excluding carboxylic acids is 2. The van der Waals surface area contributed by atoms with Crippen LogP contribution in [0, 0.1) is 0 Å².